The number of anilines is 1. The van der Waals surface area contributed by atoms with Crippen LogP contribution in [0.2, 0.25) is 0 Å². The first-order chi connectivity index (χ1) is 17.5. The van der Waals surface area contributed by atoms with E-state index in [0.717, 1.165) is 67.2 Å². The zero-order valence-corrected chi connectivity index (χ0v) is 19.7. The number of H-pyrrole nitrogens is 1. The SMILES string of the molecule is Cc1c(-c2ccc(CC(N)=O)c3[nH]c4cc(C=O)ccc4c23)cccc1N1Cc2ccccc2C1=O. The molecule has 0 radical (unpaired) electrons. The molecule has 0 atom stereocenters. The fourth-order valence-electron chi connectivity index (χ4n) is 5.38. The molecule has 0 saturated carbocycles. The van der Waals surface area contributed by atoms with Gasteiger partial charge in [-0.2, -0.15) is 0 Å². The van der Waals surface area contributed by atoms with Gasteiger partial charge in [0.2, 0.25) is 5.91 Å². The van der Waals surface area contributed by atoms with Crippen molar-refractivity contribution in [3.63, 3.8) is 0 Å². The van der Waals surface area contributed by atoms with Gasteiger partial charge in [-0.15, -0.1) is 0 Å². The van der Waals surface area contributed by atoms with E-state index >= 15 is 0 Å². The molecular weight excluding hydrogens is 450 g/mol. The number of aromatic nitrogens is 1. The Morgan fingerprint density at radius 1 is 1.00 bits per heavy atom. The fourth-order valence-corrected chi connectivity index (χ4v) is 5.38. The van der Waals surface area contributed by atoms with Gasteiger partial charge in [0.25, 0.3) is 5.91 Å². The summed E-state index contributed by atoms with van der Waals surface area (Å²) in [7, 11) is 0. The zero-order chi connectivity index (χ0) is 25.0. The summed E-state index contributed by atoms with van der Waals surface area (Å²) in [4.78, 5) is 41.6. The molecule has 0 spiro atoms. The number of carbonyl (C=O) groups excluding carboxylic acids is 3. The highest BCUT2D eigenvalue weighted by Gasteiger charge is 2.29. The number of benzene rings is 4. The Morgan fingerprint density at radius 3 is 2.58 bits per heavy atom. The van der Waals surface area contributed by atoms with Crippen LogP contribution < -0.4 is 10.6 Å². The molecule has 0 fully saturated rings. The minimum absolute atomic E-state index is 0.00119. The van der Waals surface area contributed by atoms with Gasteiger partial charge in [0.1, 0.15) is 6.29 Å². The van der Waals surface area contributed by atoms with Crippen LogP contribution in [0, 0.1) is 6.92 Å². The van der Waals surface area contributed by atoms with Crippen molar-refractivity contribution in [2.45, 2.75) is 19.9 Å². The third-order valence-corrected chi connectivity index (χ3v) is 7.07. The molecule has 1 aliphatic heterocycles. The van der Waals surface area contributed by atoms with Crippen LogP contribution in [0.5, 0.6) is 0 Å². The molecule has 5 aromatic rings. The molecule has 6 rings (SSSR count). The number of hydrogen-bond acceptors (Lipinski definition) is 3. The Morgan fingerprint density at radius 2 is 1.81 bits per heavy atom. The van der Waals surface area contributed by atoms with Gasteiger partial charge in [-0.3, -0.25) is 14.4 Å². The molecule has 2 amide bonds. The van der Waals surface area contributed by atoms with Gasteiger partial charge in [0.15, 0.2) is 0 Å². The van der Waals surface area contributed by atoms with E-state index < -0.39 is 5.91 Å². The summed E-state index contributed by atoms with van der Waals surface area (Å²) in [5, 5.41) is 1.91. The second kappa shape index (κ2) is 8.20. The average molecular weight is 474 g/mol. The molecule has 3 N–H and O–H groups in total. The number of amides is 2. The van der Waals surface area contributed by atoms with Crippen LogP contribution in [0.15, 0.2) is 72.8 Å². The third-order valence-electron chi connectivity index (χ3n) is 7.07. The highest BCUT2D eigenvalue weighted by atomic mass is 16.2. The van der Waals surface area contributed by atoms with Crippen molar-refractivity contribution in [2.24, 2.45) is 5.73 Å². The summed E-state index contributed by atoms with van der Waals surface area (Å²) in [6, 6.07) is 23.2. The van der Waals surface area contributed by atoms with Crippen molar-refractivity contribution < 1.29 is 14.4 Å². The maximum atomic E-state index is 13.2. The molecule has 0 aliphatic carbocycles. The lowest BCUT2D eigenvalue weighted by Crippen LogP contribution is -2.24. The van der Waals surface area contributed by atoms with Crippen molar-refractivity contribution in [1.82, 2.24) is 4.98 Å². The molecular formula is C30H23N3O3. The lowest BCUT2D eigenvalue weighted by Gasteiger charge is -2.21. The number of primary amides is 1. The number of hydrogen-bond donors (Lipinski definition) is 2. The Bertz CT molecular complexity index is 1730. The Kier molecular flexibility index (Phi) is 4.97. The maximum absolute atomic E-state index is 13.2. The largest absolute Gasteiger partial charge is 0.369 e. The lowest BCUT2D eigenvalue weighted by molar-refractivity contribution is -0.117. The molecule has 0 bridgehead atoms. The van der Waals surface area contributed by atoms with E-state index in [9.17, 15) is 14.4 Å². The number of aromatic amines is 1. The minimum Gasteiger partial charge on any atom is -0.369 e. The number of nitrogens with zero attached hydrogens (tertiary/aromatic N) is 1. The van der Waals surface area contributed by atoms with Gasteiger partial charge in [-0.25, -0.2) is 0 Å². The predicted molar refractivity (Wildman–Crippen MR) is 141 cm³/mol. The topological polar surface area (TPSA) is 96.3 Å². The average Bonchev–Trinajstić information content (AvgIpc) is 3.42. The second-order valence-corrected chi connectivity index (χ2v) is 9.21. The van der Waals surface area contributed by atoms with E-state index in [1.807, 2.05) is 78.6 Å². The fraction of sp³-hybridized carbons (Fsp3) is 0.100. The van der Waals surface area contributed by atoms with E-state index in [4.69, 9.17) is 5.73 Å². The number of rotatable bonds is 5. The summed E-state index contributed by atoms with van der Waals surface area (Å²) in [5.41, 5.74) is 14.1. The summed E-state index contributed by atoms with van der Waals surface area (Å²) in [5.74, 6) is -0.414. The van der Waals surface area contributed by atoms with Gasteiger partial charge >= 0.3 is 0 Å². The van der Waals surface area contributed by atoms with Gasteiger partial charge in [-0.1, -0.05) is 54.6 Å². The number of nitrogens with two attached hydrogens (primary N) is 1. The first-order valence-corrected chi connectivity index (χ1v) is 11.8. The minimum atomic E-state index is -0.415. The van der Waals surface area contributed by atoms with E-state index in [2.05, 4.69) is 4.98 Å². The van der Waals surface area contributed by atoms with E-state index in [1.165, 1.54) is 0 Å². The first-order valence-electron chi connectivity index (χ1n) is 11.8. The van der Waals surface area contributed by atoms with Gasteiger partial charge in [0.05, 0.1) is 18.5 Å². The van der Waals surface area contributed by atoms with Gasteiger partial charge < -0.3 is 15.6 Å². The van der Waals surface area contributed by atoms with E-state index in [0.29, 0.717) is 12.1 Å². The number of aldehydes is 1. The quantitative estimate of drug-likeness (QED) is 0.339. The Labute approximate surface area is 207 Å². The normalized spacial score (nSPS) is 12.9. The highest BCUT2D eigenvalue weighted by molar-refractivity contribution is 6.17. The number of fused-ring (bicyclic) bond motifs is 4. The van der Waals surface area contributed by atoms with Crippen molar-refractivity contribution in [3.05, 3.63) is 101 Å². The zero-order valence-electron chi connectivity index (χ0n) is 19.7. The molecule has 6 nitrogen and oxygen atoms in total. The van der Waals surface area contributed by atoms with Crippen LogP contribution in [0.25, 0.3) is 32.9 Å². The van der Waals surface area contributed by atoms with Crippen molar-refractivity contribution >= 4 is 45.6 Å². The van der Waals surface area contributed by atoms with Crippen LogP contribution >= 0.6 is 0 Å². The first kappa shape index (κ1) is 21.8. The molecule has 1 aromatic heterocycles. The monoisotopic (exact) mass is 473 g/mol. The summed E-state index contributed by atoms with van der Waals surface area (Å²) >= 11 is 0. The molecule has 2 heterocycles. The predicted octanol–water partition coefficient (Wildman–Crippen LogP) is 5.30. The smallest absolute Gasteiger partial charge is 0.258 e. The molecule has 1 aliphatic rings. The Balaban J connectivity index is 1.56. The van der Waals surface area contributed by atoms with E-state index in [1.54, 1.807) is 6.07 Å². The van der Waals surface area contributed by atoms with Crippen molar-refractivity contribution in [3.8, 4) is 11.1 Å². The highest BCUT2D eigenvalue weighted by Crippen LogP contribution is 2.41. The molecule has 176 valence electrons. The van der Waals surface area contributed by atoms with Crippen LogP contribution in [0.4, 0.5) is 5.69 Å². The summed E-state index contributed by atoms with van der Waals surface area (Å²) in [6.07, 6.45) is 0.915. The van der Waals surface area contributed by atoms with Crippen LogP contribution in [0.1, 0.15) is 37.4 Å². The molecule has 6 heteroatoms. The van der Waals surface area contributed by atoms with Crippen molar-refractivity contribution in [2.75, 3.05) is 4.90 Å². The third kappa shape index (κ3) is 3.30. The summed E-state index contributed by atoms with van der Waals surface area (Å²) < 4.78 is 0. The lowest BCUT2D eigenvalue weighted by atomic mass is 9.92. The standard InChI is InChI=1S/C30H23N3O3/c1-17-21(7-4-8-26(17)33-15-20-5-2-3-6-22(20)30(33)36)23-12-10-19(14-27(31)35)29-28(23)24-11-9-18(16-34)13-25(24)32-29/h2-13,16,32H,14-15H2,1H3,(H2,31,35). The van der Waals surface area contributed by atoms with E-state index in [-0.39, 0.29) is 12.3 Å². The van der Waals surface area contributed by atoms with Crippen molar-refractivity contribution in [1.29, 1.82) is 0 Å². The Hall–Kier alpha value is -4.71. The van der Waals surface area contributed by atoms with Crippen LogP contribution in [-0.2, 0) is 17.8 Å². The summed E-state index contributed by atoms with van der Waals surface area (Å²) in [6.45, 7) is 2.57. The molecule has 36 heavy (non-hydrogen) atoms. The number of carbonyl (C=O) groups is 3. The van der Waals surface area contributed by atoms with Gasteiger partial charge in [-0.05, 0) is 52.9 Å². The molecule has 0 unspecified atom stereocenters. The second-order valence-electron chi connectivity index (χ2n) is 9.21. The van der Waals surface area contributed by atoms with Gasteiger partial charge in [0, 0.05) is 33.1 Å². The number of nitrogens with one attached hydrogen (secondary N) is 1. The van der Waals surface area contributed by atoms with Crippen LogP contribution in [0.3, 0.4) is 0 Å². The molecule has 4 aromatic carbocycles. The maximum Gasteiger partial charge on any atom is 0.258 e. The van der Waals surface area contributed by atoms with Crippen LogP contribution in [-0.4, -0.2) is 23.1 Å². The molecule has 0 saturated heterocycles.